The van der Waals surface area contributed by atoms with Crippen molar-refractivity contribution in [3.8, 4) is 11.5 Å². The third-order valence-electron chi connectivity index (χ3n) is 6.56. The minimum absolute atomic E-state index is 0.0353. The van der Waals surface area contributed by atoms with Gasteiger partial charge in [0, 0.05) is 24.0 Å². The van der Waals surface area contributed by atoms with E-state index >= 15 is 0 Å². The van der Waals surface area contributed by atoms with Crippen LogP contribution in [0.1, 0.15) is 23.7 Å². The first-order valence-corrected chi connectivity index (χ1v) is 10.4. The number of nitrogens with one attached hydrogen (secondary N) is 1. The first kappa shape index (κ1) is 19.5. The van der Waals surface area contributed by atoms with Crippen molar-refractivity contribution in [1.29, 1.82) is 0 Å². The van der Waals surface area contributed by atoms with Gasteiger partial charge in [-0.3, -0.25) is 9.59 Å². The Balaban J connectivity index is 1.57. The molecule has 2 amide bonds. The molecular weight excluding hydrogens is 394 g/mol. The average molecular weight is 419 g/mol. The van der Waals surface area contributed by atoms with E-state index in [1.165, 1.54) is 0 Å². The van der Waals surface area contributed by atoms with Gasteiger partial charge in [0.2, 0.25) is 5.91 Å². The second kappa shape index (κ2) is 7.04. The van der Waals surface area contributed by atoms with Crippen molar-refractivity contribution in [3.05, 3.63) is 59.3 Å². The van der Waals surface area contributed by atoms with Crippen LogP contribution in [-0.2, 0) is 28.1 Å². The SMILES string of the molecule is COc1cccc(CN2CC(=O)N3CCc4c([nH]c5ccc(OC)cc45)[C@@]3(C)C2=O)c1. The highest BCUT2D eigenvalue weighted by Crippen LogP contribution is 2.42. The van der Waals surface area contributed by atoms with Gasteiger partial charge in [-0.05, 0) is 54.8 Å². The number of carbonyl (C=O) groups excluding carboxylic acids is 2. The van der Waals surface area contributed by atoms with E-state index in [1.807, 2.05) is 49.4 Å². The summed E-state index contributed by atoms with van der Waals surface area (Å²) >= 11 is 0. The molecule has 0 unspecified atom stereocenters. The number of hydrogen-bond acceptors (Lipinski definition) is 4. The number of H-pyrrole nitrogens is 1. The predicted octanol–water partition coefficient (Wildman–Crippen LogP) is 2.83. The number of benzene rings is 2. The summed E-state index contributed by atoms with van der Waals surface area (Å²) in [5.74, 6) is 1.39. The zero-order valence-corrected chi connectivity index (χ0v) is 17.9. The number of rotatable bonds is 4. The number of amides is 2. The second-order valence-electron chi connectivity index (χ2n) is 8.27. The maximum Gasteiger partial charge on any atom is 0.255 e. The second-order valence-corrected chi connectivity index (χ2v) is 8.27. The van der Waals surface area contributed by atoms with Crippen LogP contribution in [0.15, 0.2) is 42.5 Å². The first-order chi connectivity index (χ1) is 15.0. The molecule has 3 heterocycles. The van der Waals surface area contributed by atoms with E-state index in [4.69, 9.17) is 9.47 Å². The fourth-order valence-electron chi connectivity index (χ4n) is 4.95. The number of methoxy groups -OCH3 is 2. The quantitative estimate of drug-likeness (QED) is 0.706. The van der Waals surface area contributed by atoms with Crippen molar-refractivity contribution in [2.24, 2.45) is 0 Å². The maximum atomic E-state index is 13.8. The van der Waals surface area contributed by atoms with Gasteiger partial charge < -0.3 is 24.3 Å². The Morgan fingerprint density at radius 1 is 1.06 bits per heavy atom. The molecule has 3 aromatic rings. The number of carbonyl (C=O) groups is 2. The lowest BCUT2D eigenvalue weighted by Crippen LogP contribution is -2.66. The molecule has 5 rings (SSSR count). The van der Waals surface area contributed by atoms with Crippen molar-refractivity contribution < 1.29 is 19.1 Å². The van der Waals surface area contributed by atoms with Crippen molar-refractivity contribution in [2.75, 3.05) is 27.3 Å². The maximum absolute atomic E-state index is 13.8. The minimum Gasteiger partial charge on any atom is -0.497 e. The highest BCUT2D eigenvalue weighted by atomic mass is 16.5. The number of hydrogen-bond donors (Lipinski definition) is 1. The summed E-state index contributed by atoms with van der Waals surface area (Å²) in [6.07, 6.45) is 0.701. The van der Waals surface area contributed by atoms with Crippen LogP contribution >= 0.6 is 0 Å². The van der Waals surface area contributed by atoms with E-state index in [0.717, 1.165) is 39.2 Å². The van der Waals surface area contributed by atoms with Gasteiger partial charge in [-0.25, -0.2) is 0 Å². The molecule has 2 aliphatic heterocycles. The molecule has 0 bridgehead atoms. The number of aromatic amines is 1. The van der Waals surface area contributed by atoms with Crippen LogP contribution in [-0.4, -0.2) is 53.9 Å². The minimum atomic E-state index is -1.06. The largest absolute Gasteiger partial charge is 0.497 e. The van der Waals surface area contributed by atoms with Crippen LogP contribution in [0.3, 0.4) is 0 Å². The number of nitrogens with zero attached hydrogens (tertiary/aromatic N) is 2. The molecule has 1 N–H and O–H groups in total. The van der Waals surface area contributed by atoms with E-state index in [0.29, 0.717) is 19.5 Å². The highest BCUT2D eigenvalue weighted by molar-refractivity contribution is 6.00. The molecule has 31 heavy (non-hydrogen) atoms. The predicted molar refractivity (Wildman–Crippen MR) is 116 cm³/mol. The summed E-state index contributed by atoms with van der Waals surface area (Å²) in [6.45, 7) is 2.81. The van der Waals surface area contributed by atoms with Gasteiger partial charge in [-0.1, -0.05) is 12.1 Å². The molecule has 0 spiro atoms. The van der Waals surface area contributed by atoms with Gasteiger partial charge in [0.15, 0.2) is 5.54 Å². The molecule has 1 atom stereocenters. The summed E-state index contributed by atoms with van der Waals surface area (Å²) in [5, 5.41) is 1.04. The van der Waals surface area contributed by atoms with Crippen molar-refractivity contribution in [2.45, 2.75) is 25.4 Å². The molecule has 1 fully saturated rings. The molecule has 0 saturated carbocycles. The van der Waals surface area contributed by atoms with Crippen molar-refractivity contribution in [1.82, 2.24) is 14.8 Å². The van der Waals surface area contributed by atoms with E-state index in [1.54, 1.807) is 24.0 Å². The summed E-state index contributed by atoms with van der Waals surface area (Å²) in [5.41, 5.74) is 2.69. The molecule has 0 radical (unpaired) electrons. The Morgan fingerprint density at radius 3 is 2.61 bits per heavy atom. The van der Waals surface area contributed by atoms with Gasteiger partial charge in [0.1, 0.15) is 18.0 Å². The Bertz CT molecular complexity index is 1200. The zero-order valence-electron chi connectivity index (χ0n) is 17.9. The normalized spacial score (nSPS) is 20.6. The van der Waals surface area contributed by atoms with Crippen molar-refractivity contribution >= 4 is 22.7 Å². The fourth-order valence-corrected chi connectivity index (χ4v) is 4.95. The Kier molecular flexibility index (Phi) is 4.43. The summed E-state index contributed by atoms with van der Waals surface area (Å²) in [4.78, 5) is 33.7. The van der Waals surface area contributed by atoms with Gasteiger partial charge in [0.25, 0.3) is 5.91 Å². The lowest BCUT2D eigenvalue weighted by Gasteiger charge is -2.49. The van der Waals surface area contributed by atoms with Gasteiger partial charge in [-0.2, -0.15) is 0 Å². The third kappa shape index (κ3) is 2.87. The third-order valence-corrected chi connectivity index (χ3v) is 6.56. The standard InChI is InChI=1S/C24H25N3O4/c1-24-22-18(19-12-17(31-3)7-8-20(19)25-22)9-10-27(24)21(28)14-26(23(24)29)13-15-5-4-6-16(11-15)30-2/h4-8,11-12,25H,9-10,13-14H2,1-3H3/t24-/m0/s1. The molecule has 7 heteroatoms. The summed E-state index contributed by atoms with van der Waals surface area (Å²) in [6, 6.07) is 13.4. The molecule has 1 aromatic heterocycles. The summed E-state index contributed by atoms with van der Waals surface area (Å²) in [7, 11) is 3.26. The van der Waals surface area contributed by atoms with E-state index in [2.05, 4.69) is 4.98 Å². The van der Waals surface area contributed by atoms with E-state index in [-0.39, 0.29) is 18.4 Å². The first-order valence-electron chi connectivity index (χ1n) is 10.4. The molecule has 2 aromatic carbocycles. The van der Waals surface area contributed by atoms with E-state index < -0.39 is 5.54 Å². The molecule has 0 aliphatic carbocycles. The van der Waals surface area contributed by atoms with Crippen molar-refractivity contribution in [3.63, 3.8) is 0 Å². The Labute approximate surface area is 180 Å². The molecule has 7 nitrogen and oxygen atoms in total. The number of piperazine rings is 1. The number of ether oxygens (including phenoxy) is 2. The Hall–Kier alpha value is -3.48. The Morgan fingerprint density at radius 2 is 1.84 bits per heavy atom. The van der Waals surface area contributed by atoms with Crippen LogP contribution in [0, 0.1) is 0 Å². The van der Waals surface area contributed by atoms with Crippen LogP contribution in [0.4, 0.5) is 0 Å². The monoisotopic (exact) mass is 419 g/mol. The lowest BCUT2D eigenvalue weighted by molar-refractivity contribution is -0.166. The van der Waals surface area contributed by atoms with Crippen LogP contribution in [0.2, 0.25) is 0 Å². The number of fused-ring (bicyclic) bond motifs is 5. The van der Waals surface area contributed by atoms with Gasteiger partial charge in [0.05, 0.1) is 19.9 Å². The van der Waals surface area contributed by atoms with E-state index in [9.17, 15) is 9.59 Å². The number of aromatic nitrogens is 1. The van der Waals surface area contributed by atoms with Gasteiger partial charge in [-0.15, -0.1) is 0 Å². The topological polar surface area (TPSA) is 74.9 Å². The molecule has 160 valence electrons. The smallest absolute Gasteiger partial charge is 0.255 e. The molecule has 2 aliphatic rings. The fraction of sp³-hybridized carbons (Fsp3) is 0.333. The molecule has 1 saturated heterocycles. The van der Waals surface area contributed by atoms with Crippen LogP contribution in [0.5, 0.6) is 11.5 Å². The molecular formula is C24H25N3O4. The average Bonchev–Trinajstić information content (AvgIpc) is 3.16. The zero-order chi connectivity index (χ0) is 21.8. The van der Waals surface area contributed by atoms with Crippen LogP contribution in [0.25, 0.3) is 10.9 Å². The lowest BCUT2D eigenvalue weighted by atomic mass is 9.83. The van der Waals surface area contributed by atoms with Crippen LogP contribution < -0.4 is 9.47 Å². The highest BCUT2D eigenvalue weighted by Gasteiger charge is 2.54. The summed E-state index contributed by atoms with van der Waals surface area (Å²) < 4.78 is 10.7. The van der Waals surface area contributed by atoms with Gasteiger partial charge >= 0.3 is 0 Å².